The number of aliphatic carboxylic acids is 1. The van der Waals surface area contributed by atoms with Gasteiger partial charge in [0.25, 0.3) is 0 Å². The van der Waals surface area contributed by atoms with Crippen molar-refractivity contribution >= 4 is 34.6 Å². The number of aliphatic hydroxyl groups excluding tert-OH is 1. The number of fused-ring (bicyclic) bond motifs is 1. The number of para-hydroxylation sites is 1. The standard InChI is InChI=1S/C23H33N5O6/c1-11(2)18(24)21(31)28-19(13(4)29)22(32)26-12(3)20(30)27-17(23(33)34)9-14-10-25-16-8-6-5-7-15(14)16/h5-8,10-13,17-19,25,29H,9,24H2,1-4H3,(H,26,32)(H,27,30)(H,28,31)(H,33,34). The normalized spacial score (nSPS) is 15.7. The highest BCUT2D eigenvalue weighted by Gasteiger charge is 2.31. The third kappa shape index (κ3) is 6.78. The van der Waals surface area contributed by atoms with E-state index in [-0.39, 0.29) is 12.3 Å². The number of carboxylic acid groups (broad SMARTS) is 1. The molecule has 8 N–H and O–H groups in total. The van der Waals surface area contributed by atoms with E-state index in [4.69, 9.17) is 5.73 Å². The highest BCUT2D eigenvalue weighted by Crippen LogP contribution is 2.19. The molecule has 0 spiro atoms. The molecule has 1 heterocycles. The summed E-state index contributed by atoms with van der Waals surface area (Å²) in [5, 5.41) is 27.6. The molecule has 0 bridgehead atoms. The van der Waals surface area contributed by atoms with Crippen molar-refractivity contribution in [2.75, 3.05) is 0 Å². The predicted octanol–water partition coefficient (Wildman–Crippen LogP) is -0.367. The molecule has 1 aromatic heterocycles. The van der Waals surface area contributed by atoms with Crippen molar-refractivity contribution in [3.63, 3.8) is 0 Å². The van der Waals surface area contributed by atoms with Gasteiger partial charge in [0, 0.05) is 23.5 Å². The predicted molar refractivity (Wildman–Crippen MR) is 126 cm³/mol. The van der Waals surface area contributed by atoms with Crippen LogP contribution in [-0.2, 0) is 25.6 Å². The lowest BCUT2D eigenvalue weighted by Crippen LogP contribution is -2.59. The van der Waals surface area contributed by atoms with Gasteiger partial charge in [-0.3, -0.25) is 14.4 Å². The number of benzene rings is 1. The smallest absolute Gasteiger partial charge is 0.326 e. The van der Waals surface area contributed by atoms with Crippen molar-refractivity contribution in [2.24, 2.45) is 11.7 Å². The molecule has 0 aliphatic heterocycles. The first kappa shape index (κ1) is 26.8. The summed E-state index contributed by atoms with van der Waals surface area (Å²) >= 11 is 0. The molecule has 0 aliphatic carbocycles. The minimum Gasteiger partial charge on any atom is -0.480 e. The quantitative estimate of drug-likeness (QED) is 0.231. The summed E-state index contributed by atoms with van der Waals surface area (Å²) in [5.74, 6) is -3.56. The topological polar surface area (TPSA) is 187 Å². The molecule has 0 fully saturated rings. The molecule has 3 amide bonds. The van der Waals surface area contributed by atoms with Gasteiger partial charge in [-0.2, -0.15) is 0 Å². The molecule has 0 saturated heterocycles. The minimum absolute atomic E-state index is 0.0329. The first-order chi connectivity index (χ1) is 15.9. The van der Waals surface area contributed by atoms with Gasteiger partial charge < -0.3 is 36.9 Å². The van der Waals surface area contributed by atoms with E-state index >= 15 is 0 Å². The number of nitrogens with one attached hydrogen (secondary N) is 4. The molecule has 0 aliphatic rings. The van der Waals surface area contributed by atoms with E-state index in [1.165, 1.54) is 13.8 Å². The van der Waals surface area contributed by atoms with Gasteiger partial charge in [-0.15, -0.1) is 0 Å². The molecule has 5 unspecified atom stereocenters. The van der Waals surface area contributed by atoms with E-state index in [9.17, 15) is 29.4 Å². The van der Waals surface area contributed by atoms with Crippen LogP contribution in [0.15, 0.2) is 30.5 Å². The van der Waals surface area contributed by atoms with Crippen molar-refractivity contribution in [3.8, 4) is 0 Å². The van der Waals surface area contributed by atoms with Crippen molar-refractivity contribution in [1.82, 2.24) is 20.9 Å². The number of amides is 3. The lowest BCUT2D eigenvalue weighted by Gasteiger charge is -2.25. The summed E-state index contributed by atoms with van der Waals surface area (Å²) in [4.78, 5) is 52.3. The summed E-state index contributed by atoms with van der Waals surface area (Å²) in [6, 6.07) is 2.80. The molecular weight excluding hydrogens is 442 g/mol. The number of carbonyl (C=O) groups is 4. The maximum Gasteiger partial charge on any atom is 0.326 e. The lowest BCUT2D eigenvalue weighted by atomic mass is 10.0. The lowest BCUT2D eigenvalue weighted by molar-refractivity contribution is -0.142. The van der Waals surface area contributed by atoms with Crippen LogP contribution in [0.2, 0.25) is 0 Å². The maximum atomic E-state index is 12.6. The van der Waals surface area contributed by atoms with Gasteiger partial charge in [0.05, 0.1) is 12.1 Å². The molecule has 1 aromatic carbocycles. The molecule has 0 radical (unpaired) electrons. The Kier molecular flexibility index (Phi) is 9.16. The van der Waals surface area contributed by atoms with Crippen LogP contribution in [0, 0.1) is 5.92 Å². The number of hydrogen-bond acceptors (Lipinski definition) is 6. The van der Waals surface area contributed by atoms with E-state index in [1.807, 2.05) is 24.3 Å². The number of carboxylic acids is 1. The van der Waals surface area contributed by atoms with E-state index < -0.39 is 54.0 Å². The van der Waals surface area contributed by atoms with Crippen molar-refractivity contribution in [2.45, 2.75) is 64.4 Å². The van der Waals surface area contributed by atoms with Crippen LogP contribution in [0.4, 0.5) is 0 Å². The second-order valence-electron chi connectivity index (χ2n) is 8.69. The molecule has 5 atom stereocenters. The van der Waals surface area contributed by atoms with Crippen molar-refractivity contribution in [1.29, 1.82) is 0 Å². The Bertz CT molecular complexity index is 1030. The summed E-state index contributed by atoms with van der Waals surface area (Å²) < 4.78 is 0. The third-order valence-electron chi connectivity index (χ3n) is 5.55. The molecular formula is C23H33N5O6. The fourth-order valence-corrected chi connectivity index (χ4v) is 3.34. The number of rotatable bonds is 11. The fourth-order valence-electron chi connectivity index (χ4n) is 3.34. The van der Waals surface area contributed by atoms with Crippen LogP contribution in [0.3, 0.4) is 0 Å². The van der Waals surface area contributed by atoms with Crippen molar-refractivity contribution < 1.29 is 29.4 Å². The van der Waals surface area contributed by atoms with Gasteiger partial charge in [-0.1, -0.05) is 32.0 Å². The second-order valence-corrected chi connectivity index (χ2v) is 8.69. The third-order valence-corrected chi connectivity index (χ3v) is 5.55. The minimum atomic E-state index is -1.34. The summed E-state index contributed by atoms with van der Waals surface area (Å²) in [7, 11) is 0. The number of aromatic nitrogens is 1. The number of hydrogen-bond donors (Lipinski definition) is 7. The van der Waals surface area contributed by atoms with Crippen LogP contribution in [-0.4, -0.2) is 69.2 Å². The number of H-pyrrole nitrogens is 1. The molecule has 0 saturated carbocycles. The average Bonchev–Trinajstić information content (AvgIpc) is 3.18. The number of nitrogens with two attached hydrogens (primary N) is 1. The Hall–Kier alpha value is -3.44. The van der Waals surface area contributed by atoms with Gasteiger partial charge in [-0.25, -0.2) is 4.79 Å². The Labute approximate surface area is 197 Å². The van der Waals surface area contributed by atoms with E-state index in [1.54, 1.807) is 20.0 Å². The van der Waals surface area contributed by atoms with Crippen molar-refractivity contribution in [3.05, 3.63) is 36.0 Å². The molecule has 11 heteroatoms. The van der Waals surface area contributed by atoms with Gasteiger partial charge >= 0.3 is 5.97 Å². The summed E-state index contributed by atoms with van der Waals surface area (Å²) in [5.41, 5.74) is 7.35. The maximum absolute atomic E-state index is 12.6. The van der Waals surface area contributed by atoms with Gasteiger partial charge in [0.1, 0.15) is 18.1 Å². The van der Waals surface area contributed by atoms with Gasteiger partial charge in [0.2, 0.25) is 17.7 Å². The Balaban J connectivity index is 2.03. The first-order valence-corrected chi connectivity index (χ1v) is 11.0. The second kappa shape index (κ2) is 11.6. The molecule has 2 rings (SSSR count). The van der Waals surface area contributed by atoms with E-state index in [0.29, 0.717) is 0 Å². The number of aromatic amines is 1. The summed E-state index contributed by atoms with van der Waals surface area (Å²) in [6.07, 6.45) is 0.466. The number of carbonyl (C=O) groups excluding carboxylic acids is 3. The molecule has 11 nitrogen and oxygen atoms in total. The molecule has 186 valence electrons. The van der Waals surface area contributed by atoms with Crippen LogP contribution in [0.5, 0.6) is 0 Å². The van der Waals surface area contributed by atoms with Crippen LogP contribution in [0.1, 0.15) is 33.3 Å². The average molecular weight is 476 g/mol. The van der Waals surface area contributed by atoms with Crippen LogP contribution >= 0.6 is 0 Å². The van der Waals surface area contributed by atoms with Crippen LogP contribution < -0.4 is 21.7 Å². The highest BCUT2D eigenvalue weighted by atomic mass is 16.4. The molecule has 2 aromatic rings. The first-order valence-electron chi connectivity index (χ1n) is 11.0. The SMILES string of the molecule is CC(NC(=O)C(NC(=O)C(N)C(C)C)C(C)O)C(=O)NC(Cc1c[nH]c2ccccc12)C(=O)O. The largest absolute Gasteiger partial charge is 0.480 e. The Morgan fingerprint density at radius 2 is 1.62 bits per heavy atom. The van der Waals surface area contributed by atoms with E-state index in [2.05, 4.69) is 20.9 Å². The zero-order valence-corrected chi connectivity index (χ0v) is 19.7. The van der Waals surface area contributed by atoms with Gasteiger partial charge in [0.15, 0.2) is 0 Å². The van der Waals surface area contributed by atoms with E-state index in [0.717, 1.165) is 16.5 Å². The fraction of sp³-hybridized carbons (Fsp3) is 0.478. The Morgan fingerprint density at radius 1 is 0.971 bits per heavy atom. The Morgan fingerprint density at radius 3 is 2.21 bits per heavy atom. The monoisotopic (exact) mass is 475 g/mol. The number of aliphatic hydroxyl groups is 1. The highest BCUT2D eigenvalue weighted by molar-refractivity contribution is 5.94. The van der Waals surface area contributed by atoms with Gasteiger partial charge in [-0.05, 0) is 31.4 Å². The van der Waals surface area contributed by atoms with Crippen LogP contribution in [0.25, 0.3) is 10.9 Å². The molecule has 34 heavy (non-hydrogen) atoms. The zero-order chi connectivity index (χ0) is 25.6. The zero-order valence-electron chi connectivity index (χ0n) is 19.7. The summed E-state index contributed by atoms with van der Waals surface area (Å²) in [6.45, 7) is 6.17.